The maximum Gasteiger partial charge on any atom is 0.202 e. The van der Waals surface area contributed by atoms with Crippen molar-refractivity contribution in [2.75, 3.05) is 0 Å². The first-order valence-electron chi connectivity index (χ1n) is 5.78. The minimum Gasteiger partial charge on any atom is -0.483 e. The maximum absolute atomic E-state index is 12.8. The minimum absolute atomic E-state index is 0.178. The van der Waals surface area contributed by atoms with Crippen LogP contribution in [0.4, 0.5) is 4.39 Å². The Morgan fingerprint density at radius 2 is 1.68 bits per heavy atom. The van der Waals surface area contributed by atoms with E-state index in [-0.39, 0.29) is 11.6 Å². The summed E-state index contributed by atoms with van der Waals surface area (Å²) in [6.07, 6.45) is -0.619. The molecular formula is C15H12BrFO2. The second-order valence-electron chi connectivity index (χ2n) is 4.09. The Labute approximate surface area is 119 Å². The zero-order valence-electron chi connectivity index (χ0n) is 10.3. The van der Waals surface area contributed by atoms with Crippen molar-refractivity contribution >= 4 is 21.7 Å². The molecule has 1 unspecified atom stereocenters. The van der Waals surface area contributed by atoms with E-state index in [0.29, 0.717) is 11.3 Å². The molecule has 0 fully saturated rings. The van der Waals surface area contributed by atoms with Gasteiger partial charge in [-0.25, -0.2) is 4.39 Å². The van der Waals surface area contributed by atoms with E-state index < -0.39 is 6.10 Å². The van der Waals surface area contributed by atoms with Crippen LogP contribution in [-0.4, -0.2) is 11.9 Å². The molecule has 2 aromatic carbocycles. The van der Waals surface area contributed by atoms with E-state index in [1.165, 1.54) is 24.3 Å². The van der Waals surface area contributed by atoms with E-state index in [2.05, 4.69) is 15.9 Å². The van der Waals surface area contributed by atoms with Crippen molar-refractivity contribution in [3.05, 3.63) is 64.4 Å². The molecule has 0 saturated carbocycles. The highest BCUT2D eigenvalue weighted by atomic mass is 79.9. The average molecular weight is 323 g/mol. The van der Waals surface area contributed by atoms with Gasteiger partial charge < -0.3 is 4.74 Å². The molecule has 0 bridgehead atoms. The number of hydrogen-bond donors (Lipinski definition) is 0. The first kappa shape index (κ1) is 13.7. The van der Waals surface area contributed by atoms with Crippen LogP contribution in [0.5, 0.6) is 5.75 Å². The van der Waals surface area contributed by atoms with Gasteiger partial charge in [-0.1, -0.05) is 15.9 Å². The Hall–Kier alpha value is -1.68. The van der Waals surface area contributed by atoms with Crippen molar-refractivity contribution < 1.29 is 13.9 Å². The molecule has 0 amide bonds. The smallest absolute Gasteiger partial charge is 0.202 e. The van der Waals surface area contributed by atoms with E-state index in [4.69, 9.17) is 4.74 Å². The molecule has 0 heterocycles. The van der Waals surface area contributed by atoms with E-state index >= 15 is 0 Å². The monoisotopic (exact) mass is 322 g/mol. The van der Waals surface area contributed by atoms with E-state index in [9.17, 15) is 9.18 Å². The molecule has 1 atom stereocenters. The Balaban J connectivity index is 2.07. The van der Waals surface area contributed by atoms with Crippen molar-refractivity contribution in [3.63, 3.8) is 0 Å². The number of halogens is 2. The highest BCUT2D eigenvalue weighted by Crippen LogP contribution is 2.18. The average Bonchev–Trinajstić information content (AvgIpc) is 2.41. The van der Waals surface area contributed by atoms with Crippen molar-refractivity contribution in [2.45, 2.75) is 13.0 Å². The first-order valence-corrected chi connectivity index (χ1v) is 6.57. The molecule has 4 heteroatoms. The van der Waals surface area contributed by atoms with Crippen molar-refractivity contribution in [1.29, 1.82) is 0 Å². The third kappa shape index (κ3) is 3.64. The topological polar surface area (TPSA) is 26.3 Å². The van der Waals surface area contributed by atoms with Crippen LogP contribution in [-0.2, 0) is 0 Å². The molecule has 0 radical (unpaired) electrons. The highest BCUT2D eigenvalue weighted by molar-refractivity contribution is 9.10. The van der Waals surface area contributed by atoms with Gasteiger partial charge >= 0.3 is 0 Å². The molecule has 0 aromatic heterocycles. The number of benzene rings is 2. The van der Waals surface area contributed by atoms with E-state index in [0.717, 1.165) is 4.47 Å². The van der Waals surface area contributed by atoms with Crippen molar-refractivity contribution in [3.8, 4) is 5.75 Å². The van der Waals surface area contributed by atoms with Gasteiger partial charge in [0, 0.05) is 10.0 Å². The van der Waals surface area contributed by atoms with Gasteiger partial charge in [-0.3, -0.25) is 4.79 Å². The third-order valence-electron chi connectivity index (χ3n) is 2.62. The SMILES string of the molecule is CC(Oc1ccc(Br)cc1)C(=O)c1ccc(F)cc1. The fourth-order valence-electron chi connectivity index (χ4n) is 1.62. The number of rotatable bonds is 4. The summed E-state index contributed by atoms with van der Waals surface area (Å²) in [7, 11) is 0. The predicted octanol–water partition coefficient (Wildman–Crippen LogP) is 4.24. The largest absolute Gasteiger partial charge is 0.483 e. The Morgan fingerprint density at radius 1 is 1.11 bits per heavy atom. The number of hydrogen-bond acceptors (Lipinski definition) is 2. The van der Waals surface area contributed by atoms with Crippen LogP contribution in [0, 0.1) is 5.82 Å². The Bertz CT molecular complexity index is 564. The van der Waals surface area contributed by atoms with Crippen molar-refractivity contribution in [1.82, 2.24) is 0 Å². The molecule has 19 heavy (non-hydrogen) atoms. The minimum atomic E-state index is -0.619. The van der Waals surface area contributed by atoms with Crippen LogP contribution >= 0.6 is 15.9 Å². The van der Waals surface area contributed by atoms with Gasteiger partial charge in [-0.2, -0.15) is 0 Å². The van der Waals surface area contributed by atoms with E-state index in [1.54, 1.807) is 19.1 Å². The fourth-order valence-corrected chi connectivity index (χ4v) is 1.88. The van der Waals surface area contributed by atoms with Gasteiger partial charge in [-0.15, -0.1) is 0 Å². The number of carbonyl (C=O) groups is 1. The lowest BCUT2D eigenvalue weighted by atomic mass is 10.1. The number of carbonyl (C=O) groups excluding carboxylic acids is 1. The summed E-state index contributed by atoms with van der Waals surface area (Å²) in [6.45, 7) is 1.67. The third-order valence-corrected chi connectivity index (χ3v) is 3.15. The molecular weight excluding hydrogens is 311 g/mol. The van der Waals surface area contributed by atoms with Gasteiger partial charge in [-0.05, 0) is 55.5 Å². The zero-order chi connectivity index (χ0) is 13.8. The molecule has 2 aromatic rings. The summed E-state index contributed by atoms with van der Waals surface area (Å²) in [6, 6.07) is 12.7. The summed E-state index contributed by atoms with van der Waals surface area (Å²) in [5, 5.41) is 0. The molecule has 2 rings (SSSR count). The normalized spacial score (nSPS) is 11.9. The van der Waals surface area contributed by atoms with Crippen LogP contribution < -0.4 is 4.74 Å². The second-order valence-corrected chi connectivity index (χ2v) is 5.00. The highest BCUT2D eigenvalue weighted by Gasteiger charge is 2.16. The standard InChI is InChI=1S/C15H12BrFO2/c1-10(19-14-8-4-12(16)5-9-14)15(18)11-2-6-13(17)7-3-11/h2-10H,1H3. The van der Waals surface area contributed by atoms with Gasteiger partial charge in [0.1, 0.15) is 11.6 Å². The van der Waals surface area contributed by atoms with Gasteiger partial charge in [0.15, 0.2) is 6.10 Å². The lowest BCUT2D eigenvalue weighted by Gasteiger charge is -2.13. The lowest BCUT2D eigenvalue weighted by molar-refractivity contribution is 0.0818. The van der Waals surface area contributed by atoms with Crippen LogP contribution in [0.1, 0.15) is 17.3 Å². The van der Waals surface area contributed by atoms with Crippen LogP contribution in [0.2, 0.25) is 0 Å². The van der Waals surface area contributed by atoms with Gasteiger partial charge in [0.05, 0.1) is 0 Å². The number of Topliss-reactive ketones (excluding diaryl/α,β-unsaturated/α-hetero) is 1. The number of ether oxygens (including phenoxy) is 1. The summed E-state index contributed by atoms with van der Waals surface area (Å²) in [5.41, 5.74) is 0.436. The van der Waals surface area contributed by atoms with Crippen LogP contribution in [0.25, 0.3) is 0 Å². The molecule has 0 aliphatic heterocycles. The molecule has 0 N–H and O–H groups in total. The van der Waals surface area contributed by atoms with Crippen molar-refractivity contribution in [2.24, 2.45) is 0 Å². The molecule has 0 aliphatic carbocycles. The van der Waals surface area contributed by atoms with Crippen LogP contribution in [0.3, 0.4) is 0 Å². The van der Waals surface area contributed by atoms with Crippen LogP contribution in [0.15, 0.2) is 53.0 Å². The Morgan fingerprint density at radius 3 is 2.26 bits per heavy atom. The quantitative estimate of drug-likeness (QED) is 0.787. The maximum atomic E-state index is 12.8. The fraction of sp³-hybridized carbons (Fsp3) is 0.133. The summed E-state index contributed by atoms with van der Waals surface area (Å²) >= 11 is 3.33. The summed E-state index contributed by atoms with van der Waals surface area (Å²) < 4.78 is 19.3. The lowest BCUT2D eigenvalue weighted by Crippen LogP contribution is -2.23. The zero-order valence-corrected chi connectivity index (χ0v) is 11.9. The van der Waals surface area contributed by atoms with Gasteiger partial charge in [0.25, 0.3) is 0 Å². The molecule has 0 aliphatic rings. The molecule has 2 nitrogen and oxygen atoms in total. The van der Waals surface area contributed by atoms with Gasteiger partial charge in [0.2, 0.25) is 5.78 Å². The first-order chi connectivity index (χ1) is 9.06. The second kappa shape index (κ2) is 5.97. The molecule has 0 saturated heterocycles. The number of ketones is 1. The molecule has 98 valence electrons. The Kier molecular flexibility index (Phi) is 4.32. The predicted molar refractivity (Wildman–Crippen MR) is 75.0 cm³/mol. The summed E-state index contributed by atoms with van der Waals surface area (Å²) in [5.74, 6) is 0.0760. The molecule has 0 spiro atoms. The summed E-state index contributed by atoms with van der Waals surface area (Å²) in [4.78, 5) is 12.1. The van der Waals surface area contributed by atoms with E-state index in [1.807, 2.05) is 12.1 Å².